The summed E-state index contributed by atoms with van der Waals surface area (Å²) in [5.74, 6) is 0.539. The molecule has 1 atom stereocenters. The minimum atomic E-state index is -3.39. The molecule has 2 rings (SSSR count). The summed E-state index contributed by atoms with van der Waals surface area (Å²) in [5.41, 5.74) is 0.983. The van der Waals surface area contributed by atoms with Crippen LogP contribution in [0.15, 0.2) is 36.4 Å². The van der Waals surface area contributed by atoms with E-state index in [9.17, 15) is 13.9 Å². The topological polar surface area (TPSA) is 32.7 Å². The Balaban J connectivity index is 1.98. The molecule has 1 saturated heterocycles. The van der Waals surface area contributed by atoms with Gasteiger partial charge < -0.3 is 14.7 Å². The predicted molar refractivity (Wildman–Crippen MR) is 97.7 cm³/mol. The normalized spacial score (nSPS) is 16.1. The van der Waals surface area contributed by atoms with Gasteiger partial charge in [-0.05, 0) is 54.8 Å². The predicted octanol–water partition coefficient (Wildman–Crippen LogP) is 4.38. The van der Waals surface area contributed by atoms with Gasteiger partial charge in [0.25, 0.3) is 0 Å². The lowest BCUT2D eigenvalue weighted by molar-refractivity contribution is -0.0347. The lowest BCUT2D eigenvalue weighted by Crippen LogP contribution is -2.30. The number of ether oxygens (including phenoxy) is 1. The smallest absolute Gasteiger partial charge is 0.329 e. The number of likely N-dealkylation sites (tertiary alicyclic amines) is 1. The van der Waals surface area contributed by atoms with Crippen LogP contribution in [0.25, 0.3) is 0 Å². The molecular formula is C17H21F2NO2S2. The second-order valence-electron chi connectivity index (χ2n) is 5.84. The number of halogens is 2. The molecule has 24 heavy (non-hydrogen) atoms. The Morgan fingerprint density at radius 2 is 1.96 bits per heavy atom. The molecule has 1 aromatic carbocycles. The van der Waals surface area contributed by atoms with E-state index in [1.165, 1.54) is 12.1 Å². The van der Waals surface area contributed by atoms with E-state index < -0.39 is 11.4 Å². The highest BCUT2D eigenvalue weighted by Crippen LogP contribution is 2.42. The average molecular weight is 373 g/mol. The van der Waals surface area contributed by atoms with Crippen LogP contribution in [0.2, 0.25) is 0 Å². The van der Waals surface area contributed by atoms with Crippen LogP contribution in [-0.4, -0.2) is 39.3 Å². The van der Waals surface area contributed by atoms with E-state index in [2.05, 4.69) is 6.58 Å². The SMILES string of the molecule is C=C(C)COc1ccc(C(O)C(F)(F)SC(=S)N2CCCC2)cc1. The molecule has 0 aromatic heterocycles. The van der Waals surface area contributed by atoms with E-state index in [1.807, 2.05) is 6.92 Å². The monoisotopic (exact) mass is 373 g/mol. The lowest BCUT2D eigenvalue weighted by Gasteiger charge is -2.26. The molecule has 0 spiro atoms. The number of hydrogen-bond acceptors (Lipinski definition) is 4. The first-order chi connectivity index (χ1) is 11.3. The van der Waals surface area contributed by atoms with Gasteiger partial charge in [-0.1, -0.05) is 30.9 Å². The van der Waals surface area contributed by atoms with E-state index in [0.717, 1.165) is 18.4 Å². The zero-order valence-corrected chi connectivity index (χ0v) is 15.1. The maximum Gasteiger partial charge on any atom is 0.329 e. The van der Waals surface area contributed by atoms with Crippen LogP contribution >= 0.6 is 24.0 Å². The van der Waals surface area contributed by atoms with Crippen molar-refractivity contribution in [2.75, 3.05) is 19.7 Å². The van der Waals surface area contributed by atoms with Gasteiger partial charge in [0.15, 0.2) is 6.10 Å². The molecule has 0 saturated carbocycles. The largest absolute Gasteiger partial charge is 0.489 e. The van der Waals surface area contributed by atoms with Crippen molar-refractivity contribution < 1.29 is 18.6 Å². The standard InChI is InChI=1S/C17H21F2NO2S2/c1-12(2)11-22-14-7-5-13(6-8-14)15(21)17(18,19)24-16(23)20-9-3-4-10-20/h5-8,15,21H,1,3-4,9-11H2,2H3. The molecule has 1 fully saturated rings. The summed E-state index contributed by atoms with van der Waals surface area (Å²) in [5, 5.41) is 6.66. The molecule has 0 bridgehead atoms. The summed E-state index contributed by atoms with van der Waals surface area (Å²) in [4.78, 5) is 1.76. The van der Waals surface area contributed by atoms with Gasteiger partial charge in [-0.25, -0.2) is 0 Å². The number of thioether (sulfide) groups is 1. The van der Waals surface area contributed by atoms with Crippen molar-refractivity contribution in [1.29, 1.82) is 0 Å². The third-order valence-corrected chi connectivity index (χ3v) is 5.02. The zero-order chi connectivity index (χ0) is 17.7. The minimum absolute atomic E-state index is 0.124. The first kappa shape index (κ1) is 19.1. The van der Waals surface area contributed by atoms with Gasteiger partial charge in [0, 0.05) is 13.1 Å². The molecule has 0 aliphatic carbocycles. The van der Waals surface area contributed by atoms with Crippen molar-refractivity contribution in [1.82, 2.24) is 4.90 Å². The van der Waals surface area contributed by atoms with E-state index in [-0.39, 0.29) is 21.6 Å². The van der Waals surface area contributed by atoms with Gasteiger partial charge in [0.2, 0.25) is 0 Å². The van der Waals surface area contributed by atoms with Crippen LogP contribution < -0.4 is 4.74 Å². The Morgan fingerprint density at radius 1 is 1.38 bits per heavy atom. The molecule has 7 heteroatoms. The second-order valence-corrected chi connectivity index (χ2v) is 7.62. The molecular weight excluding hydrogens is 352 g/mol. The van der Waals surface area contributed by atoms with Crippen LogP contribution in [0, 0.1) is 0 Å². The third-order valence-electron chi connectivity index (χ3n) is 3.59. The van der Waals surface area contributed by atoms with E-state index in [0.29, 0.717) is 25.4 Å². The maximum absolute atomic E-state index is 14.3. The summed E-state index contributed by atoms with van der Waals surface area (Å²) >= 11 is 5.33. The summed E-state index contributed by atoms with van der Waals surface area (Å²) in [6, 6.07) is 5.99. The van der Waals surface area contributed by atoms with Crippen molar-refractivity contribution in [3.05, 3.63) is 42.0 Å². The summed E-state index contributed by atoms with van der Waals surface area (Å²) in [6.45, 7) is 7.32. The molecule has 1 aliphatic heterocycles. The molecule has 1 heterocycles. The number of aliphatic hydroxyl groups excluding tert-OH is 1. The molecule has 132 valence electrons. The van der Waals surface area contributed by atoms with Gasteiger partial charge in [-0.2, -0.15) is 8.78 Å². The van der Waals surface area contributed by atoms with Crippen LogP contribution in [0.1, 0.15) is 31.4 Å². The molecule has 1 aromatic rings. The van der Waals surface area contributed by atoms with E-state index in [4.69, 9.17) is 17.0 Å². The Bertz CT molecular complexity index is 587. The van der Waals surface area contributed by atoms with Crippen molar-refractivity contribution in [2.24, 2.45) is 0 Å². The Labute approximate surface area is 150 Å². The maximum atomic E-state index is 14.3. The fraction of sp³-hybridized carbons (Fsp3) is 0.471. The third kappa shape index (κ3) is 5.16. The van der Waals surface area contributed by atoms with Crippen molar-refractivity contribution in [3.63, 3.8) is 0 Å². The number of aliphatic hydroxyl groups is 1. The number of thiocarbonyl (C=S) groups is 1. The van der Waals surface area contributed by atoms with Gasteiger partial charge in [-0.15, -0.1) is 0 Å². The van der Waals surface area contributed by atoms with Crippen LogP contribution in [-0.2, 0) is 0 Å². The lowest BCUT2D eigenvalue weighted by atomic mass is 10.1. The highest BCUT2D eigenvalue weighted by Gasteiger charge is 2.42. The highest BCUT2D eigenvalue weighted by atomic mass is 32.2. The molecule has 3 nitrogen and oxygen atoms in total. The van der Waals surface area contributed by atoms with Gasteiger partial charge in [0.1, 0.15) is 16.7 Å². The van der Waals surface area contributed by atoms with E-state index >= 15 is 0 Å². The van der Waals surface area contributed by atoms with Crippen LogP contribution in [0.4, 0.5) is 8.78 Å². The second kappa shape index (κ2) is 8.27. The molecule has 1 unspecified atom stereocenters. The Morgan fingerprint density at radius 3 is 2.50 bits per heavy atom. The fourth-order valence-electron chi connectivity index (χ4n) is 2.28. The number of rotatable bonds is 6. The fourth-order valence-corrected chi connectivity index (χ4v) is 3.59. The zero-order valence-electron chi connectivity index (χ0n) is 13.5. The van der Waals surface area contributed by atoms with Crippen LogP contribution in [0.3, 0.4) is 0 Å². The van der Waals surface area contributed by atoms with Crippen molar-refractivity contribution in [3.8, 4) is 5.75 Å². The summed E-state index contributed by atoms with van der Waals surface area (Å²) < 4.78 is 34.2. The molecule has 0 radical (unpaired) electrons. The Hall–Kier alpha value is -1.18. The minimum Gasteiger partial charge on any atom is -0.489 e. The van der Waals surface area contributed by atoms with Crippen LogP contribution in [0.5, 0.6) is 5.75 Å². The quantitative estimate of drug-likeness (QED) is 0.591. The number of hydrogen-bond donors (Lipinski definition) is 1. The van der Waals surface area contributed by atoms with Gasteiger partial charge in [-0.3, -0.25) is 0 Å². The molecule has 1 N–H and O–H groups in total. The molecule has 1 aliphatic rings. The average Bonchev–Trinajstić information content (AvgIpc) is 3.07. The summed E-state index contributed by atoms with van der Waals surface area (Å²) in [7, 11) is 0. The highest BCUT2D eigenvalue weighted by molar-refractivity contribution is 8.23. The number of alkyl halides is 2. The van der Waals surface area contributed by atoms with Crippen molar-refractivity contribution >= 4 is 28.3 Å². The van der Waals surface area contributed by atoms with E-state index in [1.54, 1.807) is 17.0 Å². The first-order valence-electron chi connectivity index (χ1n) is 7.70. The Kier molecular flexibility index (Phi) is 6.60. The van der Waals surface area contributed by atoms with Crippen molar-refractivity contribution in [2.45, 2.75) is 31.1 Å². The summed E-state index contributed by atoms with van der Waals surface area (Å²) in [6.07, 6.45) is -0.0146. The number of benzene rings is 1. The molecule has 0 amide bonds. The van der Waals surface area contributed by atoms with Gasteiger partial charge >= 0.3 is 5.25 Å². The number of nitrogens with zero attached hydrogens (tertiary/aromatic N) is 1. The van der Waals surface area contributed by atoms with Gasteiger partial charge in [0.05, 0.1) is 0 Å². The first-order valence-corrected chi connectivity index (χ1v) is 8.93.